The molecule has 5 heteroatoms. The van der Waals surface area contributed by atoms with Gasteiger partial charge in [0.15, 0.2) is 5.79 Å². The number of piperidine rings is 1. The lowest BCUT2D eigenvalue weighted by Crippen LogP contribution is -2.64. The molecule has 1 spiro atoms. The predicted molar refractivity (Wildman–Crippen MR) is 75.3 cm³/mol. The van der Waals surface area contributed by atoms with E-state index in [0.717, 1.165) is 12.8 Å². The van der Waals surface area contributed by atoms with E-state index in [1.165, 1.54) is 6.92 Å². The fraction of sp³-hybridized carbons (Fsp3) is 0.933. The molecule has 1 unspecified atom stereocenters. The van der Waals surface area contributed by atoms with Crippen molar-refractivity contribution in [2.45, 2.75) is 70.4 Å². The molecule has 0 aliphatic carbocycles. The number of carbonyl (C=O) groups is 1. The normalized spacial score (nSPS) is 31.4. The van der Waals surface area contributed by atoms with Crippen LogP contribution in [-0.4, -0.2) is 54.1 Å². The Morgan fingerprint density at radius 1 is 1.25 bits per heavy atom. The summed E-state index contributed by atoms with van der Waals surface area (Å²) < 4.78 is 17.2. The van der Waals surface area contributed by atoms with Crippen LogP contribution < -0.4 is 0 Å². The Bertz CT molecular complexity index is 373. The summed E-state index contributed by atoms with van der Waals surface area (Å²) in [5, 5.41) is 0. The predicted octanol–water partition coefficient (Wildman–Crippen LogP) is 1.94. The first-order chi connectivity index (χ1) is 9.06. The minimum atomic E-state index is -0.551. The van der Waals surface area contributed by atoms with Crippen molar-refractivity contribution in [1.29, 1.82) is 0 Å². The van der Waals surface area contributed by atoms with Crippen molar-refractivity contribution in [1.82, 2.24) is 4.90 Å². The number of nitrogens with zero attached hydrogens (tertiary/aromatic N) is 1. The maximum atomic E-state index is 10.9. The summed E-state index contributed by atoms with van der Waals surface area (Å²) >= 11 is 0. The Morgan fingerprint density at radius 3 is 2.30 bits per heavy atom. The molecule has 0 N–H and O–H groups in total. The van der Waals surface area contributed by atoms with Gasteiger partial charge in [-0.1, -0.05) is 0 Å². The van der Waals surface area contributed by atoms with Crippen LogP contribution >= 0.6 is 0 Å². The Hall–Kier alpha value is -0.650. The van der Waals surface area contributed by atoms with Gasteiger partial charge in [0.2, 0.25) is 0 Å². The maximum Gasteiger partial charge on any atom is 0.302 e. The smallest absolute Gasteiger partial charge is 0.302 e. The second kappa shape index (κ2) is 4.97. The molecule has 0 saturated carbocycles. The Morgan fingerprint density at radius 2 is 1.80 bits per heavy atom. The molecule has 0 bridgehead atoms. The Labute approximate surface area is 121 Å². The minimum absolute atomic E-state index is 0.00191. The van der Waals surface area contributed by atoms with Crippen LogP contribution in [0.15, 0.2) is 0 Å². The lowest BCUT2D eigenvalue weighted by atomic mass is 9.76. The van der Waals surface area contributed by atoms with Gasteiger partial charge in [-0.15, -0.1) is 0 Å². The molecular formula is C15H27NO4. The van der Waals surface area contributed by atoms with Crippen molar-refractivity contribution < 1.29 is 19.0 Å². The van der Waals surface area contributed by atoms with E-state index in [2.05, 4.69) is 39.6 Å². The number of likely N-dealkylation sites (tertiary alicyclic amines) is 1. The van der Waals surface area contributed by atoms with E-state index in [-0.39, 0.29) is 29.8 Å². The first-order valence-corrected chi connectivity index (χ1v) is 7.25. The van der Waals surface area contributed by atoms with Crippen LogP contribution in [0, 0.1) is 0 Å². The van der Waals surface area contributed by atoms with Crippen LogP contribution in [0.1, 0.15) is 47.5 Å². The number of hydrogen-bond acceptors (Lipinski definition) is 5. The van der Waals surface area contributed by atoms with E-state index in [1.807, 2.05) is 0 Å². The van der Waals surface area contributed by atoms with Crippen molar-refractivity contribution in [3.8, 4) is 0 Å². The Kier molecular flexibility index (Phi) is 3.91. The maximum absolute atomic E-state index is 10.9. The van der Waals surface area contributed by atoms with Gasteiger partial charge in [-0.05, 0) is 34.7 Å². The zero-order valence-electron chi connectivity index (χ0n) is 13.5. The fourth-order valence-electron chi connectivity index (χ4n) is 3.53. The van der Waals surface area contributed by atoms with Gasteiger partial charge >= 0.3 is 5.97 Å². The molecule has 1 atom stereocenters. The SMILES string of the molecule is CC(=O)OCC1COC2(CC(C)(C)N(C)C(C)(C)C2)O1. The van der Waals surface area contributed by atoms with Gasteiger partial charge in [0.25, 0.3) is 0 Å². The number of ether oxygens (including phenoxy) is 3. The quantitative estimate of drug-likeness (QED) is 0.726. The molecule has 2 heterocycles. The van der Waals surface area contributed by atoms with Crippen molar-refractivity contribution >= 4 is 5.97 Å². The zero-order valence-corrected chi connectivity index (χ0v) is 13.5. The van der Waals surface area contributed by atoms with E-state index in [0.29, 0.717) is 6.61 Å². The van der Waals surface area contributed by atoms with Gasteiger partial charge in [0.1, 0.15) is 12.7 Å². The molecule has 20 heavy (non-hydrogen) atoms. The largest absolute Gasteiger partial charge is 0.463 e. The molecule has 116 valence electrons. The van der Waals surface area contributed by atoms with Gasteiger partial charge in [0, 0.05) is 30.8 Å². The summed E-state index contributed by atoms with van der Waals surface area (Å²) in [7, 11) is 2.15. The second-order valence-corrected chi connectivity index (χ2v) is 7.30. The molecule has 0 aromatic carbocycles. The molecule has 2 fully saturated rings. The summed E-state index contributed by atoms with van der Waals surface area (Å²) in [5.74, 6) is -0.830. The monoisotopic (exact) mass is 285 g/mol. The van der Waals surface area contributed by atoms with E-state index in [9.17, 15) is 4.79 Å². The van der Waals surface area contributed by atoms with E-state index in [1.54, 1.807) is 0 Å². The van der Waals surface area contributed by atoms with Crippen LogP contribution in [0.4, 0.5) is 0 Å². The average molecular weight is 285 g/mol. The highest BCUT2D eigenvalue weighted by molar-refractivity contribution is 5.65. The number of carbonyl (C=O) groups excluding carboxylic acids is 1. The average Bonchev–Trinajstić information content (AvgIpc) is 2.65. The van der Waals surface area contributed by atoms with Gasteiger partial charge < -0.3 is 14.2 Å². The summed E-state index contributed by atoms with van der Waals surface area (Å²) in [4.78, 5) is 13.3. The molecule has 0 aromatic heterocycles. The third kappa shape index (κ3) is 3.00. The van der Waals surface area contributed by atoms with Crippen molar-refractivity contribution in [2.75, 3.05) is 20.3 Å². The van der Waals surface area contributed by atoms with Crippen molar-refractivity contribution in [3.63, 3.8) is 0 Å². The molecule has 0 aromatic rings. The van der Waals surface area contributed by atoms with E-state index >= 15 is 0 Å². The molecule has 2 saturated heterocycles. The lowest BCUT2D eigenvalue weighted by Gasteiger charge is -2.56. The highest BCUT2D eigenvalue weighted by atomic mass is 16.8. The third-order valence-electron chi connectivity index (χ3n) is 4.61. The summed E-state index contributed by atoms with van der Waals surface area (Å²) in [6.07, 6.45) is 1.47. The van der Waals surface area contributed by atoms with Gasteiger partial charge in [0.05, 0.1) is 6.61 Å². The van der Waals surface area contributed by atoms with E-state index < -0.39 is 5.79 Å². The topological polar surface area (TPSA) is 48.0 Å². The molecule has 2 aliphatic rings. The molecule has 0 amide bonds. The van der Waals surface area contributed by atoms with Gasteiger partial charge in [-0.25, -0.2) is 0 Å². The second-order valence-electron chi connectivity index (χ2n) is 7.30. The van der Waals surface area contributed by atoms with Crippen molar-refractivity contribution in [2.24, 2.45) is 0 Å². The first kappa shape index (κ1) is 15.7. The minimum Gasteiger partial charge on any atom is -0.463 e. The molecule has 2 aliphatic heterocycles. The van der Waals surface area contributed by atoms with Crippen LogP contribution in [0.25, 0.3) is 0 Å². The van der Waals surface area contributed by atoms with Crippen LogP contribution in [0.5, 0.6) is 0 Å². The number of rotatable bonds is 2. The van der Waals surface area contributed by atoms with Crippen LogP contribution in [0.2, 0.25) is 0 Å². The van der Waals surface area contributed by atoms with Gasteiger partial charge in [-0.3, -0.25) is 9.69 Å². The van der Waals surface area contributed by atoms with Crippen LogP contribution in [0.3, 0.4) is 0 Å². The lowest BCUT2D eigenvalue weighted by molar-refractivity contribution is -0.244. The summed E-state index contributed by atoms with van der Waals surface area (Å²) in [6, 6.07) is 0. The fourth-order valence-corrected chi connectivity index (χ4v) is 3.53. The molecule has 2 rings (SSSR count). The number of esters is 1. The van der Waals surface area contributed by atoms with E-state index in [4.69, 9.17) is 14.2 Å². The highest BCUT2D eigenvalue weighted by Gasteiger charge is 2.55. The molecule has 5 nitrogen and oxygen atoms in total. The first-order valence-electron chi connectivity index (χ1n) is 7.25. The van der Waals surface area contributed by atoms with Crippen molar-refractivity contribution in [3.05, 3.63) is 0 Å². The number of hydrogen-bond donors (Lipinski definition) is 0. The molecular weight excluding hydrogens is 258 g/mol. The standard InChI is InChI=1S/C15H27NO4/c1-11(17)18-7-12-8-19-15(20-12)9-13(2,3)16(6)14(4,5)10-15/h12H,7-10H2,1-6H3. The van der Waals surface area contributed by atoms with Crippen LogP contribution in [-0.2, 0) is 19.0 Å². The van der Waals surface area contributed by atoms with Gasteiger partial charge in [-0.2, -0.15) is 0 Å². The summed E-state index contributed by atoms with van der Waals surface area (Å²) in [6.45, 7) is 11.0. The summed E-state index contributed by atoms with van der Waals surface area (Å²) in [5.41, 5.74) is -0.00382. The third-order valence-corrected chi connectivity index (χ3v) is 4.61. The molecule has 0 radical (unpaired) electrons. The zero-order chi connectivity index (χ0) is 15.2. The highest BCUT2D eigenvalue weighted by Crippen LogP contribution is 2.47. The Balaban J connectivity index is 2.07.